The Morgan fingerprint density at radius 1 is 1.17 bits per heavy atom. The van der Waals surface area contributed by atoms with E-state index in [-0.39, 0.29) is 24.0 Å². The molecule has 1 saturated heterocycles. The molecule has 1 aromatic rings. The molecule has 7 heteroatoms. The minimum absolute atomic E-state index is 0. The zero-order valence-corrected chi connectivity index (χ0v) is 20.9. The highest BCUT2D eigenvalue weighted by molar-refractivity contribution is 14.0. The van der Waals surface area contributed by atoms with E-state index in [1.807, 2.05) is 0 Å². The largest absolute Gasteiger partial charge is 0.385 e. The van der Waals surface area contributed by atoms with Gasteiger partial charge in [-0.1, -0.05) is 12.1 Å². The van der Waals surface area contributed by atoms with E-state index in [9.17, 15) is 0 Å². The van der Waals surface area contributed by atoms with Crippen molar-refractivity contribution >= 4 is 35.6 Å². The Balaban J connectivity index is 0.00000420. The summed E-state index contributed by atoms with van der Waals surface area (Å²) >= 11 is 0. The number of hydrogen-bond acceptors (Lipinski definition) is 4. The van der Waals surface area contributed by atoms with Crippen molar-refractivity contribution < 1.29 is 9.47 Å². The quantitative estimate of drug-likeness (QED) is 0.223. The Bertz CT molecular complexity index is 573. The van der Waals surface area contributed by atoms with Crippen LogP contribution in [0.1, 0.15) is 31.7 Å². The molecule has 2 rings (SSSR count). The molecule has 1 aliphatic rings. The Kier molecular flexibility index (Phi) is 13.3. The van der Waals surface area contributed by atoms with E-state index in [4.69, 9.17) is 14.5 Å². The number of aliphatic imine (C=N–C) groups is 1. The second-order valence-corrected chi connectivity index (χ2v) is 7.45. The minimum atomic E-state index is 0. The molecule has 0 saturated carbocycles. The summed E-state index contributed by atoms with van der Waals surface area (Å²) in [4.78, 5) is 9.36. The number of piperidine rings is 1. The number of nitrogens with zero attached hydrogens (tertiary/aromatic N) is 3. The lowest BCUT2D eigenvalue weighted by Gasteiger charge is -2.34. The standard InChI is InChI=1S/C22H38N4O2.HI/c1-5-23-22(24-14-11-19-7-9-20(10-8-19)25(2)3)26-15-12-21(13-16-26)28-18-6-17-27-4;/h7-10,21H,5-6,11-18H2,1-4H3,(H,23,24);1H. The fourth-order valence-electron chi connectivity index (χ4n) is 3.37. The third-order valence-electron chi connectivity index (χ3n) is 5.04. The monoisotopic (exact) mass is 518 g/mol. The van der Waals surface area contributed by atoms with Crippen molar-refractivity contribution in [1.82, 2.24) is 10.2 Å². The van der Waals surface area contributed by atoms with E-state index in [2.05, 4.69) is 60.4 Å². The first kappa shape index (κ1) is 26.0. The highest BCUT2D eigenvalue weighted by Crippen LogP contribution is 2.15. The topological polar surface area (TPSA) is 49.3 Å². The number of halogens is 1. The van der Waals surface area contributed by atoms with Crippen LogP contribution in [0.25, 0.3) is 0 Å². The van der Waals surface area contributed by atoms with Gasteiger partial charge >= 0.3 is 0 Å². The Morgan fingerprint density at radius 3 is 2.45 bits per heavy atom. The first-order chi connectivity index (χ1) is 13.6. The number of rotatable bonds is 10. The zero-order chi connectivity index (χ0) is 20.2. The molecule has 0 bridgehead atoms. The van der Waals surface area contributed by atoms with Crippen LogP contribution in [0.4, 0.5) is 5.69 Å². The Labute approximate surface area is 194 Å². The minimum Gasteiger partial charge on any atom is -0.385 e. The van der Waals surface area contributed by atoms with Crippen LogP contribution >= 0.6 is 24.0 Å². The number of anilines is 1. The van der Waals surface area contributed by atoms with Crippen molar-refractivity contribution in [2.24, 2.45) is 4.99 Å². The smallest absolute Gasteiger partial charge is 0.193 e. The van der Waals surface area contributed by atoms with E-state index in [0.29, 0.717) is 6.10 Å². The molecular formula is C22H39IN4O2. The molecule has 1 fully saturated rings. The summed E-state index contributed by atoms with van der Waals surface area (Å²) in [6.45, 7) is 7.38. The number of methoxy groups -OCH3 is 1. The predicted octanol–water partition coefficient (Wildman–Crippen LogP) is 3.40. The van der Waals surface area contributed by atoms with Crippen molar-refractivity contribution in [3.63, 3.8) is 0 Å². The molecule has 29 heavy (non-hydrogen) atoms. The summed E-state index contributed by atoms with van der Waals surface area (Å²) in [5, 5.41) is 3.45. The number of likely N-dealkylation sites (tertiary alicyclic amines) is 1. The molecule has 6 nitrogen and oxygen atoms in total. The van der Waals surface area contributed by atoms with Crippen molar-refractivity contribution in [3.8, 4) is 0 Å². The number of ether oxygens (including phenoxy) is 2. The van der Waals surface area contributed by atoms with Crippen LogP contribution in [0.3, 0.4) is 0 Å². The highest BCUT2D eigenvalue weighted by atomic mass is 127. The van der Waals surface area contributed by atoms with Gasteiger partial charge in [0.1, 0.15) is 0 Å². The van der Waals surface area contributed by atoms with E-state index in [1.54, 1.807) is 7.11 Å². The van der Waals surface area contributed by atoms with E-state index in [1.165, 1.54) is 11.3 Å². The van der Waals surface area contributed by atoms with E-state index < -0.39 is 0 Å². The van der Waals surface area contributed by atoms with Crippen LogP contribution in [-0.4, -0.2) is 77.6 Å². The van der Waals surface area contributed by atoms with Crippen molar-refractivity contribution in [3.05, 3.63) is 29.8 Å². The molecule has 0 aliphatic carbocycles. The summed E-state index contributed by atoms with van der Waals surface area (Å²) in [5.41, 5.74) is 2.56. The van der Waals surface area contributed by atoms with Gasteiger partial charge in [-0.2, -0.15) is 0 Å². The molecule has 1 aromatic carbocycles. The van der Waals surface area contributed by atoms with Crippen LogP contribution in [0.15, 0.2) is 29.3 Å². The molecule has 0 amide bonds. The highest BCUT2D eigenvalue weighted by Gasteiger charge is 2.21. The molecule has 0 unspecified atom stereocenters. The van der Waals surface area contributed by atoms with Gasteiger partial charge in [0.2, 0.25) is 0 Å². The average molecular weight is 518 g/mol. The van der Waals surface area contributed by atoms with Gasteiger partial charge < -0.3 is 24.6 Å². The number of guanidine groups is 1. The summed E-state index contributed by atoms with van der Waals surface area (Å²) in [5.74, 6) is 1.03. The Morgan fingerprint density at radius 2 is 1.86 bits per heavy atom. The molecule has 0 atom stereocenters. The van der Waals surface area contributed by atoms with Gasteiger partial charge in [-0.05, 0) is 50.3 Å². The van der Waals surface area contributed by atoms with Gasteiger partial charge in [0.25, 0.3) is 0 Å². The summed E-state index contributed by atoms with van der Waals surface area (Å²) < 4.78 is 11.0. The third-order valence-corrected chi connectivity index (χ3v) is 5.04. The fourth-order valence-corrected chi connectivity index (χ4v) is 3.37. The SMILES string of the molecule is CCNC(=NCCc1ccc(N(C)C)cc1)N1CCC(OCCCOC)CC1.I. The molecule has 1 heterocycles. The normalized spacial score (nSPS) is 15.2. The molecule has 0 aromatic heterocycles. The van der Waals surface area contributed by atoms with Gasteiger partial charge in [0.05, 0.1) is 6.10 Å². The van der Waals surface area contributed by atoms with E-state index >= 15 is 0 Å². The lowest BCUT2D eigenvalue weighted by atomic mass is 10.1. The predicted molar refractivity (Wildman–Crippen MR) is 133 cm³/mol. The maximum Gasteiger partial charge on any atom is 0.193 e. The number of hydrogen-bond donors (Lipinski definition) is 1. The maximum absolute atomic E-state index is 5.97. The van der Waals surface area contributed by atoms with Gasteiger partial charge in [-0.25, -0.2) is 0 Å². The number of nitrogens with one attached hydrogen (secondary N) is 1. The van der Waals surface area contributed by atoms with E-state index in [0.717, 1.165) is 71.0 Å². The van der Waals surface area contributed by atoms with Crippen molar-refractivity contribution in [2.75, 3.05) is 65.5 Å². The second-order valence-electron chi connectivity index (χ2n) is 7.45. The van der Waals surface area contributed by atoms with Crippen LogP contribution in [-0.2, 0) is 15.9 Å². The number of benzene rings is 1. The average Bonchev–Trinajstić information content (AvgIpc) is 2.71. The summed E-state index contributed by atoms with van der Waals surface area (Å²) in [6.07, 6.45) is 4.41. The van der Waals surface area contributed by atoms with Crippen molar-refractivity contribution in [2.45, 2.75) is 38.7 Å². The molecule has 166 valence electrons. The van der Waals surface area contributed by atoms with Gasteiger partial charge in [0.15, 0.2) is 5.96 Å². The van der Waals surface area contributed by atoms with Gasteiger partial charge in [0, 0.05) is 66.3 Å². The molecular weight excluding hydrogens is 479 g/mol. The maximum atomic E-state index is 5.97. The van der Waals surface area contributed by atoms with Crippen LogP contribution < -0.4 is 10.2 Å². The zero-order valence-electron chi connectivity index (χ0n) is 18.5. The second kappa shape index (κ2) is 14.8. The van der Waals surface area contributed by atoms with Crippen LogP contribution in [0.2, 0.25) is 0 Å². The van der Waals surface area contributed by atoms with Crippen LogP contribution in [0, 0.1) is 0 Å². The summed E-state index contributed by atoms with van der Waals surface area (Å²) in [7, 11) is 5.87. The first-order valence-electron chi connectivity index (χ1n) is 10.5. The Hall–Kier alpha value is -1.06. The summed E-state index contributed by atoms with van der Waals surface area (Å²) in [6, 6.07) is 8.73. The van der Waals surface area contributed by atoms with Gasteiger partial charge in [-0.3, -0.25) is 4.99 Å². The lowest BCUT2D eigenvalue weighted by Crippen LogP contribution is -2.47. The molecule has 0 spiro atoms. The van der Waals surface area contributed by atoms with Gasteiger partial charge in [-0.15, -0.1) is 24.0 Å². The lowest BCUT2D eigenvalue weighted by molar-refractivity contribution is 0.00991. The fraction of sp³-hybridized carbons (Fsp3) is 0.682. The molecule has 1 N–H and O–H groups in total. The molecule has 1 aliphatic heterocycles. The van der Waals surface area contributed by atoms with Crippen molar-refractivity contribution in [1.29, 1.82) is 0 Å². The third kappa shape index (κ3) is 9.53. The first-order valence-corrected chi connectivity index (χ1v) is 10.5. The van der Waals surface area contributed by atoms with Crippen LogP contribution in [0.5, 0.6) is 0 Å². The molecule has 0 radical (unpaired) electrons.